The smallest absolute Gasteiger partial charge is 0.418 e. The summed E-state index contributed by atoms with van der Waals surface area (Å²) in [5, 5.41) is 0. The van der Waals surface area contributed by atoms with Crippen LogP contribution in [-0.4, -0.2) is 13.2 Å². The molecule has 0 aromatic heterocycles. The third-order valence-corrected chi connectivity index (χ3v) is 1.01. The molecular weight excluding hydrogens is 185 g/mol. The second kappa shape index (κ2) is 6.83. The number of alkyl halides is 1. The molecule has 0 saturated carbocycles. The van der Waals surface area contributed by atoms with E-state index in [1.165, 1.54) is 9.24 Å². The first kappa shape index (κ1) is 13.7. The van der Waals surface area contributed by atoms with Gasteiger partial charge in [-0.25, -0.2) is 4.39 Å². The molecule has 0 aromatic rings. The minimum Gasteiger partial charge on any atom is -0.418 e. The highest BCUT2D eigenvalue weighted by Gasteiger charge is 2.20. The fourth-order valence-electron chi connectivity index (χ4n) is 0.313. The zero-order valence-corrected chi connectivity index (χ0v) is 7.58. The molecular formula is C4H11BF5P. The van der Waals surface area contributed by atoms with Crippen LogP contribution in [0.5, 0.6) is 0 Å². The van der Waals surface area contributed by atoms with Gasteiger partial charge in [-0.05, 0) is 6.42 Å². The first-order valence-electron chi connectivity index (χ1n) is 3.11. The van der Waals surface area contributed by atoms with Crippen LogP contribution < -0.4 is 0 Å². The Morgan fingerprint density at radius 3 is 1.55 bits per heavy atom. The molecule has 11 heavy (non-hydrogen) atoms. The second-order valence-electron chi connectivity index (χ2n) is 1.88. The molecule has 0 saturated heterocycles. The van der Waals surface area contributed by atoms with E-state index in [1.807, 2.05) is 6.92 Å². The predicted molar refractivity (Wildman–Crippen MR) is 41.1 cm³/mol. The Labute approximate surface area is 64.9 Å². The normalized spacial score (nSPS) is 13.6. The van der Waals surface area contributed by atoms with Gasteiger partial charge in [-0.15, -0.1) is 0 Å². The molecule has 0 spiro atoms. The van der Waals surface area contributed by atoms with Crippen molar-refractivity contribution < 1.29 is 21.7 Å². The van der Waals surface area contributed by atoms with Gasteiger partial charge < -0.3 is 17.3 Å². The van der Waals surface area contributed by atoms with Gasteiger partial charge in [0.15, 0.2) is 5.91 Å². The van der Waals surface area contributed by atoms with Crippen molar-refractivity contribution >= 4 is 16.5 Å². The van der Waals surface area contributed by atoms with E-state index in [0.29, 0.717) is 0 Å². The zero-order valence-electron chi connectivity index (χ0n) is 6.17. The van der Waals surface area contributed by atoms with Gasteiger partial charge in [0.25, 0.3) is 0 Å². The van der Waals surface area contributed by atoms with Crippen molar-refractivity contribution in [3.63, 3.8) is 0 Å². The third-order valence-electron chi connectivity index (χ3n) is 0.602. The quantitative estimate of drug-likeness (QED) is 0.361. The standard InChI is InChI=1S/C4H10FP.BF4/c1-2-3-4(5)6;2-1(3,4)5/h4H,2-3,6H2,1H3;/q;-1/p+1. The number of hydrogen-bond donors (Lipinski definition) is 0. The first-order chi connectivity index (χ1) is 4.77. The molecule has 0 radical (unpaired) electrons. The highest BCUT2D eigenvalue weighted by atomic mass is 31.0. The van der Waals surface area contributed by atoms with Crippen molar-refractivity contribution in [1.82, 2.24) is 0 Å². The topological polar surface area (TPSA) is 0 Å². The van der Waals surface area contributed by atoms with Gasteiger partial charge in [-0.1, -0.05) is 6.92 Å². The van der Waals surface area contributed by atoms with Gasteiger partial charge in [0.2, 0.25) is 0 Å². The van der Waals surface area contributed by atoms with Crippen LogP contribution in [0.2, 0.25) is 0 Å². The molecule has 7 heteroatoms. The monoisotopic (exact) mass is 196 g/mol. The molecule has 0 nitrogen and oxygen atoms in total. The Kier molecular flexibility index (Phi) is 8.52. The summed E-state index contributed by atoms with van der Waals surface area (Å²) in [7, 11) is -4.59. The van der Waals surface area contributed by atoms with Gasteiger partial charge in [-0.3, -0.25) is 0 Å². The molecule has 0 aliphatic rings. The molecule has 70 valence electrons. The lowest BCUT2D eigenvalue weighted by atomic mass is 10.3. The van der Waals surface area contributed by atoms with Gasteiger partial charge in [0.05, 0.1) is 0 Å². The summed E-state index contributed by atoms with van der Waals surface area (Å²) in [6.45, 7) is 1.99. The second-order valence-corrected chi connectivity index (χ2v) is 2.77. The maximum Gasteiger partial charge on any atom is 0.673 e. The van der Waals surface area contributed by atoms with E-state index in [9.17, 15) is 21.7 Å². The van der Waals surface area contributed by atoms with Crippen LogP contribution >= 0.6 is 9.24 Å². The Balaban J connectivity index is 0. The van der Waals surface area contributed by atoms with Crippen molar-refractivity contribution in [1.29, 1.82) is 0 Å². The number of hydrogen-bond acceptors (Lipinski definition) is 0. The van der Waals surface area contributed by atoms with E-state index in [1.54, 1.807) is 0 Å². The van der Waals surface area contributed by atoms with Gasteiger partial charge >= 0.3 is 7.25 Å². The lowest BCUT2D eigenvalue weighted by Gasteiger charge is -1.94. The van der Waals surface area contributed by atoms with Crippen molar-refractivity contribution in [2.75, 3.05) is 0 Å². The lowest BCUT2D eigenvalue weighted by molar-refractivity contribution is 0.368. The van der Waals surface area contributed by atoms with Crippen molar-refractivity contribution in [3.05, 3.63) is 0 Å². The predicted octanol–water partition coefficient (Wildman–Crippen LogP) is 2.99. The molecule has 0 amide bonds. The molecule has 0 rings (SSSR count). The fraction of sp³-hybridized carbons (Fsp3) is 1.00. The molecule has 2 atom stereocenters. The summed E-state index contributed by atoms with van der Waals surface area (Å²) in [6.07, 6.45) is 1.68. The molecule has 0 N–H and O–H groups in total. The molecule has 0 fully saturated rings. The van der Waals surface area contributed by atoms with Crippen LogP contribution in [0, 0.1) is 0 Å². The summed E-state index contributed by atoms with van der Waals surface area (Å²) < 4.78 is 50.7. The van der Waals surface area contributed by atoms with E-state index < -0.39 is 13.2 Å². The fourth-order valence-corrected chi connectivity index (χ4v) is 0.721. The van der Waals surface area contributed by atoms with Crippen LogP contribution in [0.3, 0.4) is 0 Å². The maximum atomic E-state index is 11.7. The molecule has 0 heterocycles. The van der Waals surface area contributed by atoms with Crippen LogP contribution in [0.4, 0.5) is 21.7 Å². The van der Waals surface area contributed by atoms with Crippen molar-refractivity contribution in [2.45, 2.75) is 25.7 Å². The average molecular weight is 196 g/mol. The van der Waals surface area contributed by atoms with Crippen LogP contribution in [0.15, 0.2) is 0 Å². The van der Waals surface area contributed by atoms with E-state index in [0.717, 1.165) is 12.8 Å². The van der Waals surface area contributed by atoms with E-state index in [-0.39, 0.29) is 0 Å². The van der Waals surface area contributed by atoms with Crippen LogP contribution in [0.25, 0.3) is 0 Å². The van der Waals surface area contributed by atoms with Crippen molar-refractivity contribution in [3.8, 4) is 0 Å². The minimum absolute atomic E-state index is 0.574. The molecule has 0 aliphatic carbocycles. The first-order valence-corrected chi connectivity index (χ1v) is 3.93. The van der Waals surface area contributed by atoms with E-state index >= 15 is 0 Å². The van der Waals surface area contributed by atoms with Crippen LogP contribution in [0.1, 0.15) is 19.8 Å². The Hall–Kier alpha value is 0.145. The Morgan fingerprint density at radius 1 is 1.27 bits per heavy atom. The van der Waals surface area contributed by atoms with E-state index in [2.05, 4.69) is 0 Å². The highest BCUT2D eigenvalue weighted by Crippen LogP contribution is 2.07. The average Bonchev–Trinajstić information content (AvgIpc) is 1.58. The van der Waals surface area contributed by atoms with E-state index in [4.69, 9.17) is 0 Å². The Bertz CT molecular complexity index is 77.0. The van der Waals surface area contributed by atoms with Gasteiger partial charge in [-0.2, -0.15) is 0 Å². The molecule has 0 aliphatic heterocycles. The minimum atomic E-state index is -6.00. The molecule has 0 aromatic carbocycles. The van der Waals surface area contributed by atoms with Crippen molar-refractivity contribution in [2.24, 2.45) is 0 Å². The number of rotatable bonds is 2. The summed E-state index contributed by atoms with van der Waals surface area (Å²) in [5.74, 6) is -0.574. The summed E-state index contributed by atoms with van der Waals surface area (Å²) in [4.78, 5) is 0. The van der Waals surface area contributed by atoms with Gasteiger partial charge in [0.1, 0.15) is 0 Å². The highest BCUT2D eigenvalue weighted by molar-refractivity contribution is 7.17. The summed E-state index contributed by atoms with van der Waals surface area (Å²) in [6, 6.07) is 0. The number of halogens is 5. The van der Waals surface area contributed by atoms with Crippen LogP contribution in [-0.2, 0) is 0 Å². The maximum absolute atomic E-state index is 11.7. The SMILES string of the molecule is CCCC(F)[PH3+].F[B-](F)(F)F. The lowest BCUT2D eigenvalue weighted by Crippen LogP contribution is -2.02. The zero-order chi connectivity index (χ0) is 9.49. The van der Waals surface area contributed by atoms with Gasteiger partial charge in [0, 0.05) is 15.7 Å². The third kappa shape index (κ3) is 68.0. The molecule has 0 bridgehead atoms. The molecule has 2 unspecified atom stereocenters. The summed E-state index contributed by atoms with van der Waals surface area (Å²) in [5.41, 5.74) is 0. The summed E-state index contributed by atoms with van der Waals surface area (Å²) >= 11 is 0. The Morgan fingerprint density at radius 2 is 1.55 bits per heavy atom. The largest absolute Gasteiger partial charge is 0.673 e.